The lowest BCUT2D eigenvalue weighted by atomic mass is 9.64. The zero-order chi connectivity index (χ0) is 53.0. The number of likely N-dealkylation sites (N-methyl/N-ethyl adjacent to an activating group) is 3. The van der Waals surface area contributed by atoms with Gasteiger partial charge < -0.3 is 25.3 Å². The first-order chi connectivity index (χ1) is 34.5. The van der Waals surface area contributed by atoms with Gasteiger partial charge in [-0.1, -0.05) is 93.6 Å². The summed E-state index contributed by atoms with van der Waals surface area (Å²) in [5.74, 6) is -7.56. The smallest absolute Gasteiger partial charge is 0.350 e. The summed E-state index contributed by atoms with van der Waals surface area (Å²) in [7, 11) is 5.10. The number of carbonyl (C=O) groups excluding carboxylic acids is 5. The Morgan fingerprint density at radius 3 is 2.21 bits per heavy atom. The van der Waals surface area contributed by atoms with Gasteiger partial charge in [-0.25, -0.2) is 13.2 Å². The van der Waals surface area contributed by atoms with Crippen LogP contribution in [0.15, 0.2) is 67.0 Å². The molecule has 2 aliphatic carbocycles. The molecule has 4 fully saturated rings. The van der Waals surface area contributed by atoms with Gasteiger partial charge >= 0.3 is 6.18 Å². The minimum absolute atomic E-state index is 0.0496. The van der Waals surface area contributed by atoms with Gasteiger partial charge in [0.25, 0.3) is 5.92 Å². The van der Waals surface area contributed by atoms with Gasteiger partial charge in [-0.2, -0.15) is 13.2 Å². The Balaban J connectivity index is 1.11. The van der Waals surface area contributed by atoms with Crippen LogP contribution in [0.3, 0.4) is 0 Å². The van der Waals surface area contributed by atoms with Crippen molar-refractivity contribution < 1.29 is 50.3 Å². The summed E-state index contributed by atoms with van der Waals surface area (Å²) >= 11 is 0. The quantitative estimate of drug-likeness (QED) is 0.164. The van der Waals surface area contributed by atoms with E-state index in [0.29, 0.717) is 37.1 Å². The van der Waals surface area contributed by atoms with E-state index in [1.165, 1.54) is 4.90 Å². The van der Waals surface area contributed by atoms with Gasteiger partial charge in [-0.3, -0.25) is 33.9 Å². The van der Waals surface area contributed by atoms with E-state index in [2.05, 4.69) is 15.6 Å². The summed E-state index contributed by atoms with van der Waals surface area (Å²) in [5, 5.41) is 5.92. The second kappa shape index (κ2) is 22.9. The predicted molar refractivity (Wildman–Crippen MR) is 266 cm³/mol. The fourth-order valence-corrected chi connectivity index (χ4v) is 11.0. The summed E-state index contributed by atoms with van der Waals surface area (Å²) in [6.07, 6.45) is -1.73. The van der Waals surface area contributed by atoms with Crippen molar-refractivity contribution >= 4 is 29.5 Å². The third-order valence-electron chi connectivity index (χ3n) is 15.4. The number of nitrogens with one attached hydrogen (secondary N) is 2. The Morgan fingerprint density at radius 1 is 0.904 bits per heavy atom. The van der Waals surface area contributed by atoms with E-state index in [4.69, 9.17) is 0 Å². The molecule has 4 aliphatic rings. The molecule has 1 unspecified atom stereocenters. The molecule has 2 aliphatic heterocycles. The lowest BCUT2D eigenvalue weighted by Gasteiger charge is -2.48. The van der Waals surface area contributed by atoms with E-state index in [1.807, 2.05) is 75.4 Å². The molecule has 73 heavy (non-hydrogen) atoms. The monoisotopic (exact) mass is 1020 g/mol. The third kappa shape index (κ3) is 13.1. The number of rotatable bonds is 13. The van der Waals surface area contributed by atoms with Gasteiger partial charge in [0.2, 0.25) is 29.5 Å². The lowest BCUT2D eigenvalue weighted by Crippen LogP contribution is -2.65. The maximum atomic E-state index is 15.0. The number of hydrogen-bond acceptors (Lipinski definition) is 7. The molecule has 6 atom stereocenters. The minimum atomic E-state index is -5.34. The highest BCUT2D eigenvalue weighted by molar-refractivity contribution is 5.94. The SMILES string of the molecule is Cc1ccc(-c2ccc(-c3cccnc3)cc2)c(C[C@H]2C(=O)N(C)CCCCCCC[C@H](N(C)CC(NC(=O)[C@@H]3C[C@@H](F)CN3C(=O)C3(C(F)(F)F)CC(F)(F)C3)C3CC3)C(=O)N[C@@H](CC(C)C)C(=O)N2C)c1. The molecule has 0 spiro atoms. The van der Waals surface area contributed by atoms with Crippen LogP contribution < -0.4 is 10.6 Å². The van der Waals surface area contributed by atoms with E-state index in [9.17, 15) is 50.3 Å². The Morgan fingerprint density at radius 2 is 1.58 bits per heavy atom. The topological polar surface area (TPSA) is 135 Å². The number of aromatic nitrogens is 1. The maximum absolute atomic E-state index is 15.0. The van der Waals surface area contributed by atoms with E-state index < -0.39 is 103 Å². The van der Waals surface area contributed by atoms with Crippen molar-refractivity contribution in [3.05, 3.63) is 78.1 Å². The molecule has 2 aromatic carbocycles. The number of likely N-dealkylation sites (tertiary alicyclic amines) is 1. The molecule has 5 amide bonds. The van der Waals surface area contributed by atoms with Crippen LogP contribution in [-0.2, 0) is 30.4 Å². The van der Waals surface area contributed by atoms with Gasteiger partial charge in [0, 0.05) is 71.3 Å². The third-order valence-corrected chi connectivity index (χ3v) is 15.4. The molecule has 0 bridgehead atoms. The number of hydrogen-bond donors (Lipinski definition) is 2. The fraction of sp³-hybridized carbons (Fsp3) is 0.600. The number of benzene rings is 2. The number of carbonyl (C=O) groups is 5. The second-order valence-corrected chi connectivity index (χ2v) is 21.7. The maximum Gasteiger partial charge on any atom is 0.403 e. The van der Waals surface area contributed by atoms with Crippen molar-refractivity contribution in [1.82, 2.24) is 35.2 Å². The van der Waals surface area contributed by atoms with Crippen molar-refractivity contribution in [2.45, 2.75) is 153 Å². The van der Waals surface area contributed by atoms with Gasteiger partial charge in [-0.15, -0.1) is 0 Å². The van der Waals surface area contributed by atoms with Crippen LogP contribution in [-0.4, -0.2) is 143 Å². The first kappa shape index (κ1) is 55.2. The predicted octanol–water partition coefficient (Wildman–Crippen LogP) is 8.55. The van der Waals surface area contributed by atoms with Crippen molar-refractivity contribution in [3.8, 4) is 22.3 Å². The highest BCUT2D eigenvalue weighted by Gasteiger charge is 2.75. The molecule has 18 heteroatoms. The van der Waals surface area contributed by atoms with E-state index in [-0.39, 0.29) is 37.1 Å². The molecule has 0 radical (unpaired) electrons. The zero-order valence-electron chi connectivity index (χ0n) is 42.8. The van der Waals surface area contributed by atoms with Gasteiger partial charge in [-0.05, 0) is 91.8 Å². The van der Waals surface area contributed by atoms with E-state index in [0.717, 1.165) is 59.1 Å². The number of aryl methyl sites for hydroxylation is 1. The molecule has 2 saturated carbocycles. The molecule has 398 valence electrons. The van der Waals surface area contributed by atoms with Crippen LogP contribution in [0.1, 0.15) is 102 Å². The van der Waals surface area contributed by atoms with Gasteiger partial charge in [0.1, 0.15) is 24.3 Å². The normalized spacial score (nSPS) is 24.9. The molecular weight excluding hydrogens is 953 g/mol. The molecule has 3 heterocycles. The minimum Gasteiger partial charge on any atom is -0.350 e. The number of halogens is 6. The van der Waals surface area contributed by atoms with E-state index >= 15 is 0 Å². The fourth-order valence-electron chi connectivity index (χ4n) is 11.0. The molecule has 12 nitrogen and oxygen atoms in total. The Labute approximate surface area is 425 Å². The summed E-state index contributed by atoms with van der Waals surface area (Å²) < 4.78 is 85.6. The van der Waals surface area contributed by atoms with Gasteiger partial charge in [0.15, 0.2) is 5.41 Å². The summed E-state index contributed by atoms with van der Waals surface area (Å²) in [4.78, 5) is 81.4. The largest absolute Gasteiger partial charge is 0.403 e. The Hall–Kier alpha value is -5.52. The molecule has 2 N–H and O–H groups in total. The number of alkyl halides is 6. The molecular formula is C55H71F6N7O5. The van der Waals surface area contributed by atoms with Crippen LogP contribution in [0.2, 0.25) is 0 Å². The van der Waals surface area contributed by atoms with Crippen LogP contribution in [0.5, 0.6) is 0 Å². The highest BCUT2D eigenvalue weighted by atomic mass is 19.4. The van der Waals surface area contributed by atoms with Crippen LogP contribution in [0.4, 0.5) is 26.3 Å². The average Bonchev–Trinajstić information content (AvgIpc) is 4.11. The second-order valence-electron chi connectivity index (χ2n) is 21.7. The standard InChI is InChI=1S/C55H71F6N7O5/c1-34(2)25-43-50(71)67(6)47(27-40-26-35(3)15-22-42(40)37-18-16-36(17-19-37)39-13-12-23-62-29-39)51(72)65(4)24-11-9-7-8-10-14-45(48(69)63-43)66(5)31-44(38-20-21-38)64-49(70)46-28-41(56)30-68(46)52(73)53(55(59,60)61)32-54(57,58)33-53/h12-13,15-19,22-23,26,29,34,38,41,43-47H,7-11,14,20-21,24-25,27-28,30-33H2,1-6H3,(H,63,69)(H,64,70)/t41-,43+,44?,45+,46+,47+/m1/s1. The van der Waals surface area contributed by atoms with Crippen LogP contribution in [0.25, 0.3) is 22.3 Å². The zero-order valence-corrected chi connectivity index (χ0v) is 42.8. The van der Waals surface area contributed by atoms with Crippen molar-refractivity contribution in [2.75, 3.05) is 40.8 Å². The molecule has 3 aromatic rings. The Bertz CT molecular complexity index is 2430. The van der Waals surface area contributed by atoms with Crippen LogP contribution >= 0.6 is 0 Å². The van der Waals surface area contributed by atoms with Crippen molar-refractivity contribution in [2.24, 2.45) is 17.3 Å². The molecule has 2 saturated heterocycles. The molecule has 7 rings (SSSR count). The summed E-state index contributed by atoms with van der Waals surface area (Å²) in [5.41, 5.74) is 2.29. The van der Waals surface area contributed by atoms with Crippen molar-refractivity contribution in [3.63, 3.8) is 0 Å². The Kier molecular flexibility index (Phi) is 17.4. The summed E-state index contributed by atoms with van der Waals surface area (Å²) in [6, 6.07) is 13.0. The highest BCUT2D eigenvalue weighted by Crippen LogP contribution is 2.61. The van der Waals surface area contributed by atoms with Crippen molar-refractivity contribution in [1.29, 1.82) is 0 Å². The van der Waals surface area contributed by atoms with Gasteiger partial charge in [0.05, 0.1) is 12.6 Å². The number of nitrogens with zero attached hydrogens (tertiary/aromatic N) is 5. The number of pyridine rings is 1. The first-order valence-electron chi connectivity index (χ1n) is 25.8. The van der Waals surface area contributed by atoms with E-state index in [1.54, 1.807) is 43.3 Å². The van der Waals surface area contributed by atoms with Crippen LogP contribution in [0, 0.1) is 24.2 Å². The average molecular weight is 1020 g/mol. The summed E-state index contributed by atoms with van der Waals surface area (Å²) in [6.45, 7) is 5.61. The number of amides is 5. The first-order valence-corrected chi connectivity index (χ1v) is 25.8. The lowest BCUT2D eigenvalue weighted by molar-refractivity contribution is -0.299. The molecule has 1 aromatic heterocycles.